The summed E-state index contributed by atoms with van der Waals surface area (Å²) in [6, 6.07) is 5.60. The van der Waals surface area contributed by atoms with E-state index in [1.807, 2.05) is 25.1 Å². The van der Waals surface area contributed by atoms with Crippen LogP contribution in [0, 0.1) is 6.92 Å². The van der Waals surface area contributed by atoms with Gasteiger partial charge < -0.3 is 20.7 Å². The number of carbonyl (C=O) groups is 2. The van der Waals surface area contributed by atoms with Crippen LogP contribution in [0.1, 0.15) is 18.9 Å². The quantitative estimate of drug-likeness (QED) is 0.635. The number of nitrogens with one attached hydrogen (secondary N) is 3. The first-order chi connectivity index (χ1) is 10.1. The molecule has 3 N–H and O–H groups in total. The number of benzene rings is 1. The summed E-state index contributed by atoms with van der Waals surface area (Å²) in [5.74, 6) is -0.140. The van der Waals surface area contributed by atoms with E-state index >= 15 is 0 Å². The highest BCUT2D eigenvalue weighted by molar-refractivity contribution is 5.92. The second-order valence-corrected chi connectivity index (χ2v) is 4.63. The lowest BCUT2D eigenvalue weighted by atomic mass is 10.1. The van der Waals surface area contributed by atoms with Gasteiger partial charge in [-0.2, -0.15) is 0 Å². The van der Waals surface area contributed by atoms with Gasteiger partial charge in [0.15, 0.2) is 0 Å². The fraction of sp³-hybridized carbons (Fsp3) is 0.467. The molecule has 0 spiro atoms. The van der Waals surface area contributed by atoms with Crippen LogP contribution in [0.4, 0.5) is 11.4 Å². The lowest BCUT2D eigenvalue weighted by Gasteiger charge is -2.12. The lowest BCUT2D eigenvalue weighted by Crippen LogP contribution is -2.32. The van der Waals surface area contributed by atoms with Gasteiger partial charge in [-0.25, -0.2) is 0 Å². The topological polar surface area (TPSA) is 79.5 Å². The third-order valence-electron chi connectivity index (χ3n) is 2.91. The first-order valence-electron chi connectivity index (χ1n) is 6.96. The molecule has 0 radical (unpaired) electrons. The molecule has 1 aromatic carbocycles. The Morgan fingerprint density at radius 1 is 1.24 bits per heavy atom. The maximum Gasteiger partial charge on any atom is 0.239 e. The number of hydrogen-bond donors (Lipinski definition) is 3. The van der Waals surface area contributed by atoms with E-state index in [9.17, 15) is 9.59 Å². The van der Waals surface area contributed by atoms with Gasteiger partial charge >= 0.3 is 0 Å². The molecule has 1 aromatic rings. The van der Waals surface area contributed by atoms with Crippen molar-refractivity contribution in [1.82, 2.24) is 5.32 Å². The molecule has 1 rings (SSSR count). The zero-order chi connectivity index (χ0) is 15.7. The summed E-state index contributed by atoms with van der Waals surface area (Å²) in [5.41, 5.74) is 2.52. The van der Waals surface area contributed by atoms with Crippen LogP contribution < -0.4 is 16.0 Å². The Morgan fingerprint density at radius 2 is 2.00 bits per heavy atom. The number of hydrogen-bond acceptors (Lipinski definition) is 4. The van der Waals surface area contributed by atoms with Crippen molar-refractivity contribution in [2.45, 2.75) is 20.3 Å². The SMILES string of the molecule is CCC(=O)Nc1cc(NCC(=O)NCCOC)ccc1C. The van der Waals surface area contributed by atoms with Gasteiger partial charge in [0.2, 0.25) is 11.8 Å². The monoisotopic (exact) mass is 293 g/mol. The standard InChI is InChI=1S/C15H23N3O3/c1-4-14(19)18-13-9-12(6-5-11(13)2)17-10-15(20)16-7-8-21-3/h5-6,9,17H,4,7-8,10H2,1-3H3,(H,16,20)(H,18,19). The normalized spacial score (nSPS) is 10.0. The van der Waals surface area contributed by atoms with E-state index in [1.54, 1.807) is 14.0 Å². The van der Waals surface area contributed by atoms with Crippen molar-refractivity contribution >= 4 is 23.2 Å². The minimum Gasteiger partial charge on any atom is -0.383 e. The molecule has 21 heavy (non-hydrogen) atoms. The molecule has 0 aromatic heterocycles. The van der Waals surface area contributed by atoms with Gasteiger partial charge in [-0.05, 0) is 24.6 Å². The van der Waals surface area contributed by atoms with Crippen molar-refractivity contribution in [2.24, 2.45) is 0 Å². The van der Waals surface area contributed by atoms with Crippen LogP contribution in [0.25, 0.3) is 0 Å². The summed E-state index contributed by atoms with van der Waals surface area (Å²) in [6.45, 7) is 4.88. The summed E-state index contributed by atoms with van der Waals surface area (Å²) in [7, 11) is 1.59. The van der Waals surface area contributed by atoms with E-state index < -0.39 is 0 Å². The van der Waals surface area contributed by atoms with Gasteiger partial charge in [0, 0.05) is 31.5 Å². The summed E-state index contributed by atoms with van der Waals surface area (Å²) < 4.78 is 4.86. The van der Waals surface area contributed by atoms with Crippen LogP contribution in [0.5, 0.6) is 0 Å². The minimum absolute atomic E-state index is 0.0347. The molecule has 0 fully saturated rings. The molecule has 6 heteroatoms. The third kappa shape index (κ3) is 6.27. The van der Waals surface area contributed by atoms with Gasteiger partial charge in [0.1, 0.15) is 0 Å². The Hall–Kier alpha value is -2.08. The van der Waals surface area contributed by atoms with Crippen LogP contribution in [-0.2, 0) is 14.3 Å². The Balaban J connectivity index is 2.54. The molecule has 0 aliphatic heterocycles. The molecule has 0 atom stereocenters. The number of anilines is 2. The Labute approximate surface area is 125 Å². The smallest absolute Gasteiger partial charge is 0.239 e. The molecule has 0 saturated heterocycles. The maximum absolute atomic E-state index is 11.6. The molecule has 0 aliphatic carbocycles. The molecule has 0 heterocycles. The van der Waals surface area contributed by atoms with E-state index in [4.69, 9.17) is 4.74 Å². The zero-order valence-electron chi connectivity index (χ0n) is 12.8. The highest BCUT2D eigenvalue weighted by Crippen LogP contribution is 2.20. The molecular formula is C15H23N3O3. The minimum atomic E-state index is -0.105. The Morgan fingerprint density at radius 3 is 2.67 bits per heavy atom. The number of rotatable bonds is 8. The first kappa shape index (κ1) is 17.0. The maximum atomic E-state index is 11.6. The second-order valence-electron chi connectivity index (χ2n) is 4.63. The number of methoxy groups -OCH3 is 1. The average Bonchev–Trinajstić information content (AvgIpc) is 2.48. The molecular weight excluding hydrogens is 270 g/mol. The Bertz CT molecular complexity index is 489. The first-order valence-corrected chi connectivity index (χ1v) is 6.96. The predicted molar refractivity (Wildman–Crippen MR) is 83.5 cm³/mol. The van der Waals surface area contributed by atoms with E-state index in [1.165, 1.54) is 0 Å². The van der Waals surface area contributed by atoms with E-state index in [0.29, 0.717) is 19.6 Å². The van der Waals surface area contributed by atoms with Gasteiger partial charge in [0.05, 0.1) is 13.2 Å². The van der Waals surface area contributed by atoms with Crippen LogP contribution in [0.2, 0.25) is 0 Å². The largest absolute Gasteiger partial charge is 0.383 e. The van der Waals surface area contributed by atoms with Gasteiger partial charge in [0.25, 0.3) is 0 Å². The second kappa shape index (κ2) is 8.97. The number of ether oxygens (including phenoxy) is 1. The predicted octanol–water partition coefficient (Wildman–Crippen LogP) is 1.52. The highest BCUT2D eigenvalue weighted by Gasteiger charge is 2.05. The van der Waals surface area contributed by atoms with Crippen molar-refractivity contribution in [1.29, 1.82) is 0 Å². The fourth-order valence-electron chi connectivity index (χ4n) is 1.64. The molecule has 0 saturated carbocycles. The molecule has 6 nitrogen and oxygen atoms in total. The Kier molecular flexibility index (Phi) is 7.25. The van der Waals surface area contributed by atoms with Gasteiger partial charge in [-0.1, -0.05) is 13.0 Å². The number of amides is 2. The van der Waals surface area contributed by atoms with Crippen LogP contribution in [0.15, 0.2) is 18.2 Å². The van der Waals surface area contributed by atoms with Crippen molar-refractivity contribution in [2.75, 3.05) is 37.4 Å². The summed E-state index contributed by atoms with van der Waals surface area (Å²) in [6.07, 6.45) is 0.430. The molecule has 0 unspecified atom stereocenters. The molecule has 116 valence electrons. The highest BCUT2D eigenvalue weighted by atomic mass is 16.5. The van der Waals surface area contributed by atoms with Crippen molar-refractivity contribution in [3.63, 3.8) is 0 Å². The van der Waals surface area contributed by atoms with Gasteiger partial charge in [-0.15, -0.1) is 0 Å². The van der Waals surface area contributed by atoms with Crippen LogP contribution >= 0.6 is 0 Å². The van der Waals surface area contributed by atoms with E-state index in [0.717, 1.165) is 16.9 Å². The fourth-order valence-corrected chi connectivity index (χ4v) is 1.64. The average molecular weight is 293 g/mol. The molecule has 0 bridgehead atoms. The molecule has 0 aliphatic rings. The zero-order valence-corrected chi connectivity index (χ0v) is 12.8. The summed E-state index contributed by atoms with van der Waals surface area (Å²) >= 11 is 0. The summed E-state index contributed by atoms with van der Waals surface area (Å²) in [4.78, 5) is 23.0. The van der Waals surface area contributed by atoms with Crippen molar-refractivity contribution < 1.29 is 14.3 Å². The van der Waals surface area contributed by atoms with Crippen molar-refractivity contribution in [3.8, 4) is 0 Å². The number of aryl methyl sites for hydroxylation is 1. The molecule has 2 amide bonds. The number of carbonyl (C=O) groups excluding carboxylic acids is 2. The lowest BCUT2D eigenvalue weighted by molar-refractivity contribution is -0.119. The van der Waals surface area contributed by atoms with E-state index in [-0.39, 0.29) is 18.4 Å². The summed E-state index contributed by atoms with van der Waals surface area (Å²) in [5, 5.41) is 8.58. The van der Waals surface area contributed by atoms with Gasteiger partial charge in [-0.3, -0.25) is 9.59 Å². The van der Waals surface area contributed by atoms with E-state index in [2.05, 4.69) is 16.0 Å². The third-order valence-corrected chi connectivity index (χ3v) is 2.91. The van der Waals surface area contributed by atoms with Crippen LogP contribution in [-0.4, -0.2) is 38.6 Å². The van der Waals surface area contributed by atoms with Crippen molar-refractivity contribution in [3.05, 3.63) is 23.8 Å². The van der Waals surface area contributed by atoms with Crippen LogP contribution in [0.3, 0.4) is 0 Å².